The molecule has 3 aromatic rings. The number of esters is 1. The lowest BCUT2D eigenvalue weighted by Gasteiger charge is -2.39. The predicted octanol–water partition coefficient (Wildman–Crippen LogP) is 7.56. The summed E-state index contributed by atoms with van der Waals surface area (Å²) in [4.78, 5) is 17.1. The maximum absolute atomic E-state index is 12.0. The zero-order valence-corrected chi connectivity index (χ0v) is 22.4. The van der Waals surface area contributed by atoms with E-state index in [1.165, 1.54) is 25.5 Å². The summed E-state index contributed by atoms with van der Waals surface area (Å²) in [6.07, 6.45) is 3.94. The van der Waals surface area contributed by atoms with Crippen molar-refractivity contribution >= 4 is 28.6 Å². The third kappa shape index (κ3) is 5.39. The van der Waals surface area contributed by atoms with Crippen molar-refractivity contribution in [3.05, 3.63) is 53.1 Å². The highest BCUT2D eigenvalue weighted by Crippen LogP contribution is 2.44. The molecule has 2 aromatic carbocycles. The molecular weight excluding hydrogens is 434 g/mol. The maximum Gasteiger partial charge on any atom is 0.309 e. The zero-order chi connectivity index (χ0) is 25.3. The summed E-state index contributed by atoms with van der Waals surface area (Å²) in [5.74, 6) is 3.05. The first-order valence-electron chi connectivity index (χ1n) is 13.1. The van der Waals surface area contributed by atoms with Crippen molar-refractivity contribution in [2.75, 3.05) is 12.4 Å². The molecule has 0 radical (unpaired) electrons. The van der Waals surface area contributed by atoms with Crippen LogP contribution in [0, 0.1) is 24.7 Å². The zero-order valence-electron chi connectivity index (χ0n) is 22.4. The fraction of sp³-hybridized carbons (Fsp3) is 0.533. The number of imidazole rings is 1. The molecule has 1 N–H and O–H groups in total. The smallest absolute Gasteiger partial charge is 0.309 e. The number of hydrogen-bond acceptors (Lipinski definition) is 4. The molecule has 0 spiro atoms. The third-order valence-electron chi connectivity index (χ3n) is 7.86. The molecule has 5 heteroatoms. The van der Waals surface area contributed by atoms with Gasteiger partial charge < -0.3 is 14.6 Å². The van der Waals surface area contributed by atoms with E-state index < -0.39 is 0 Å². The van der Waals surface area contributed by atoms with Crippen molar-refractivity contribution < 1.29 is 9.53 Å². The van der Waals surface area contributed by atoms with Crippen molar-refractivity contribution in [1.82, 2.24) is 9.55 Å². The topological polar surface area (TPSA) is 56.1 Å². The largest absolute Gasteiger partial charge is 0.469 e. The highest BCUT2D eigenvalue weighted by atomic mass is 16.5. The number of carbonyl (C=O) groups excluding carboxylic acids is 1. The van der Waals surface area contributed by atoms with E-state index in [-0.39, 0.29) is 12.4 Å². The first-order valence-corrected chi connectivity index (χ1v) is 13.1. The van der Waals surface area contributed by atoms with E-state index >= 15 is 0 Å². The van der Waals surface area contributed by atoms with Gasteiger partial charge in [0.2, 0.25) is 5.95 Å². The molecule has 0 aliphatic heterocycles. The number of nitrogens with zero attached hydrogens (tertiary/aromatic N) is 2. The molecule has 0 amide bonds. The van der Waals surface area contributed by atoms with E-state index in [2.05, 4.69) is 87.8 Å². The van der Waals surface area contributed by atoms with Gasteiger partial charge in [0.1, 0.15) is 0 Å². The first kappa shape index (κ1) is 25.3. The molecule has 5 nitrogen and oxygen atoms in total. The standard InChI is InChI=1S/C30H41N3O2/c1-18(2)22-9-11-24(12-10-22)31-30-32-26-16-23(17-29(34)35-7)21(6)15-28(26)33(30)27-14-20(5)8-13-25(27)19(3)4/h9-12,15-16,18-20,25,27H,8,13-14,17H2,1-7H3,(H,31,32)/t20-,25+,27-/m1/s1. The Morgan fingerprint density at radius 2 is 1.86 bits per heavy atom. The monoisotopic (exact) mass is 475 g/mol. The van der Waals surface area contributed by atoms with E-state index in [1.807, 2.05) is 0 Å². The lowest BCUT2D eigenvalue weighted by Crippen LogP contribution is -2.30. The summed E-state index contributed by atoms with van der Waals surface area (Å²) < 4.78 is 7.39. The predicted molar refractivity (Wildman–Crippen MR) is 144 cm³/mol. The number of anilines is 2. The Hall–Kier alpha value is -2.82. The van der Waals surface area contributed by atoms with E-state index in [1.54, 1.807) is 0 Å². The Morgan fingerprint density at radius 1 is 1.14 bits per heavy atom. The normalized spacial score (nSPS) is 20.5. The van der Waals surface area contributed by atoms with E-state index in [0.29, 0.717) is 29.7 Å². The minimum atomic E-state index is -0.226. The van der Waals surface area contributed by atoms with Crippen molar-refractivity contribution in [3.63, 3.8) is 0 Å². The minimum Gasteiger partial charge on any atom is -0.469 e. The van der Waals surface area contributed by atoms with Crippen LogP contribution in [0.4, 0.5) is 11.6 Å². The maximum atomic E-state index is 12.0. The number of ether oxygens (including phenoxy) is 1. The molecule has 0 bridgehead atoms. The van der Waals surface area contributed by atoms with Gasteiger partial charge in [0, 0.05) is 11.7 Å². The van der Waals surface area contributed by atoms with Crippen LogP contribution in [0.3, 0.4) is 0 Å². The summed E-state index contributed by atoms with van der Waals surface area (Å²) in [6.45, 7) is 13.6. The van der Waals surface area contributed by atoms with Crippen LogP contribution >= 0.6 is 0 Å². The Kier molecular flexibility index (Phi) is 7.53. The summed E-state index contributed by atoms with van der Waals surface area (Å²) in [5.41, 5.74) is 6.51. The first-order chi connectivity index (χ1) is 16.7. The molecule has 3 atom stereocenters. The number of benzene rings is 2. The van der Waals surface area contributed by atoms with Crippen LogP contribution in [0.25, 0.3) is 11.0 Å². The highest BCUT2D eigenvalue weighted by molar-refractivity contribution is 5.83. The summed E-state index contributed by atoms with van der Waals surface area (Å²) in [6, 6.07) is 13.3. The van der Waals surface area contributed by atoms with E-state index in [4.69, 9.17) is 9.72 Å². The minimum absolute atomic E-state index is 0.226. The summed E-state index contributed by atoms with van der Waals surface area (Å²) in [5, 5.41) is 3.65. The summed E-state index contributed by atoms with van der Waals surface area (Å²) >= 11 is 0. The van der Waals surface area contributed by atoms with Gasteiger partial charge in [0.15, 0.2) is 0 Å². The van der Waals surface area contributed by atoms with E-state index in [0.717, 1.165) is 40.2 Å². The Balaban J connectivity index is 1.83. The fourth-order valence-electron chi connectivity index (χ4n) is 5.66. The number of fused-ring (bicyclic) bond motifs is 1. The Labute approximate surface area is 210 Å². The van der Waals surface area contributed by atoms with Crippen LogP contribution in [-0.2, 0) is 16.0 Å². The molecule has 1 aromatic heterocycles. The number of nitrogens with one attached hydrogen (secondary N) is 1. The van der Waals surface area contributed by atoms with Crippen molar-refractivity contribution in [2.24, 2.45) is 17.8 Å². The second-order valence-electron chi connectivity index (χ2n) is 11.1. The molecule has 1 heterocycles. The van der Waals surface area contributed by atoms with Crippen LogP contribution < -0.4 is 5.32 Å². The SMILES string of the molecule is COC(=O)Cc1cc2nc(Nc3ccc(C(C)C)cc3)n([C@@H]3C[C@H](C)CC[C@H]3C(C)C)c2cc1C. The van der Waals surface area contributed by atoms with Crippen LogP contribution in [0.1, 0.15) is 82.5 Å². The van der Waals surface area contributed by atoms with Gasteiger partial charge in [-0.05, 0) is 84.4 Å². The van der Waals surface area contributed by atoms with Gasteiger partial charge in [0.25, 0.3) is 0 Å². The number of aryl methyl sites for hydroxylation is 1. The third-order valence-corrected chi connectivity index (χ3v) is 7.86. The summed E-state index contributed by atoms with van der Waals surface area (Å²) in [7, 11) is 1.44. The number of methoxy groups -OCH3 is 1. The number of hydrogen-bond donors (Lipinski definition) is 1. The second kappa shape index (κ2) is 10.4. The van der Waals surface area contributed by atoms with E-state index in [9.17, 15) is 4.79 Å². The Bertz CT molecular complexity index is 1180. The fourth-order valence-corrected chi connectivity index (χ4v) is 5.66. The van der Waals surface area contributed by atoms with Crippen LogP contribution in [0.2, 0.25) is 0 Å². The lowest BCUT2D eigenvalue weighted by atomic mass is 9.74. The molecule has 0 saturated heterocycles. The van der Waals surface area contributed by atoms with Gasteiger partial charge in [-0.3, -0.25) is 4.79 Å². The molecule has 1 fully saturated rings. The highest BCUT2D eigenvalue weighted by Gasteiger charge is 2.34. The van der Waals surface area contributed by atoms with Gasteiger partial charge in [-0.15, -0.1) is 0 Å². The molecule has 4 rings (SSSR count). The van der Waals surface area contributed by atoms with Crippen molar-refractivity contribution in [2.45, 2.75) is 79.2 Å². The van der Waals surface area contributed by atoms with Crippen LogP contribution in [0.15, 0.2) is 36.4 Å². The molecule has 1 aliphatic carbocycles. The van der Waals surface area contributed by atoms with Gasteiger partial charge >= 0.3 is 5.97 Å². The number of rotatable bonds is 7. The quantitative estimate of drug-likeness (QED) is 0.358. The molecule has 1 saturated carbocycles. The second-order valence-corrected chi connectivity index (χ2v) is 11.1. The lowest BCUT2D eigenvalue weighted by molar-refractivity contribution is -0.139. The van der Waals surface area contributed by atoms with Crippen molar-refractivity contribution in [3.8, 4) is 0 Å². The average molecular weight is 476 g/mol. The van der Waals surface area contributed by atoms with Gasteiger partial charge in [-0.25, -0.2) is 4.98 Å². The van der Waals surface area contributed by atoms with Gasteiger partial charge in [0.05, 0.1) is 24.6 Å². The van der Waals surface area contributed by atoms with Crippen LogP contribution in [0.5, 0.6) is 0 Å². The van der Waals surface area contributed by atoms with Crippen LogP contribution in [-0.4, -0.2) is 22.6 Å². The average Bonchev–Trinajstić information content (AvgIpc) is 3.15. The van der Waals surface area contributed by atoms with Crippen molar-refractivity contribution in [1.29, 1.82) is 0 Å². The van der Waals surface area contributed by atoms with Gasteiger partial charge in [-0.2, -0.15) is 0 Å². The number of aromatic nitrogens is 2. The van der Waals surface area contributed by atoms with Gasteiger partial charge in [-0.1, -0.05) is 53.2 Å². The molecule has 35 heavy (non-hydrogen) atoms. The molecular formula is C30H41N3O2. The Morgan fingerprint density at radius 3 is 2.49 bits per heavy atom. The molecule has 1 aliphatic rings. The number of carbonyl (C=O) groups is 1. The molecule has 188 valence electrons. The molecule has 0 unspecified atom stereocenters.